The monoisotopic (exact) mass is 265 g/mol. The zero-order chi connectivity index (χ0) is 14.3. The number of hydrogen-bond donors (Lipinski definition) is 1. The predicted molar refractivity (Wildman–Crippen MR) is 76.6 cm³/mol. The number of carbonyl (C=O) groups is 1. The van der Waals surface area contributed by atoms with E-state index < -0.39 is 0 Å². The Kier molecular flexibility index (Phi) is 6.30. The quantitative estimate of drug-likeness (QED) is 0.769. The molecule has 0 aromatic rings. The lowest BCUT2D eigenvalue weighted by atomic mass is 9.91. The lowest BCUT2D eigenvalue weighted by Crippen LogP contribution is -2.49. The molecule has 19 heavy (non-hydrogen) atoms. The molecule has 0 aromatic carbocycles. The summed E-state index contributed by atoms with van der Waals surface area (Å²) in [6.07, 6.45) is 6.16. The van der Waals surface area contributed by atoms with E-state index in [9.17, 15) is 4.79 Å². The third kappa shape index (κ3) is 4.50. The van der Waals surface area contributed by atoms with Crippen molar-refractivity contribution in [2.75, 3.05) is 13.1 Å². The van der Waals surface area contributed by atoms with Gasteiger partial charge in [0, 0.05) is 12.1 Å². The van der Waals surface area contributed by atoms with Crippen LogP contribution < -0.4 is 5.32 Å². The lowest BCUT2D eigenvalue weighted by molar-refractivity contribution is -0.130. The van der Waals surface area contributed by atoms with Crippen LogP contribution in [0.1, 0.15) is 59.3 Å². The normalized spacial score (nSPS) is 19.5. The van der Waals surface area contributed by atoms with E-state index in [1.54, 1.807) is 4.90 Å². The molecule has 0 bridgehead atoms. The highest BCUT2D eigenvalue weighted by molar-refractivity contribution is 5.79. The van der Waals surface area contributed by atoms with E-state index in [1.165, 1.54) is 0 Å². The number of rotatable bonds is 7. The van der Waals surface area contributed by atoms with E-state index in [2.05, 4.69) is 32.2 Å². The average Bonchev–Trinajstić information content (AvgIpc) is 2.85. The molecule has 108 valence electrons. The molecule has 0 spiro atoms. The van der Waals surface area contributed by atoms with Crippen LogP contribution in [0.15, 0.2) is 0 Å². The molecule has 1 rings (SSSR count). The van der Waals surface area contributed by atoms with Crippen LogP contribution in [0.5, 0.6) is 0 Å². The molecule has 1 aliphatic heterocycles. The molecule has 1 atom stereocenters. The molecular formula is C15H27N3O. The molecule has 1 saturated heterocycles. The summed E-state index contributed by atoms with van der Waals surface area (Å²) < 4.78 is 0. The van der Waals surface area contributed by atoms with Crippen molar-refractivity contribution in [3.05, 3.63) is 0 Å². The van der Waals surface area contributed by atoms with E-state index in [0.29, 0.717) is 6.54 Å². The van der Waals surface area contributed by atoms with Gasteiger partial charge in [0.2, 0.25) is 5.91 Å². The van der Waals surface area contributed by atoms with Gasteiger partial charge in [0.15, 0.2) is 0 Å². The molecule has 1 aliphatic rings. The van der Waals surface area contributed by atoms with Crippen LogP contribution in [-0.4, -0.2) is 35.5 Å². The van der Waals surface area contributed by atoms with Gasteiger partial charge in [-0.2, -0.15) is 5.26 Å². The van der Waals surface area contributed by atoms with Gasteiger partial charge in [-0.05, 0) is 32.6 Å². The second-order valence-electron chi connectivity index (χ2n) is 5.79. The van der Waals surface area contributed by atoms with Gasteiger partial charge in [-0.25, -0.2) is 0 Å². The second-order valence-corrected chi connectivity index (χ2v) is 5.79. The van der Waals surface area contributed by atoms with Crippen LogP contribution in [0.25, 0.3) is 0 Å². The molecule has 1 fully saturated rings. The van der Waals surface area contributed by atoms with Gasteiger partial charge in [0.1, 0.15) is 6.04 Å². The number of nitriles is 1. The second kappa shape index (κ2) is 7.49. The van der Waals surface area contributed by atoms with Crippen molar-refractivity contribution in [3.8, 4) is 6.07 Å². The highest BCUT2D eigenvalue weighted by Crippen LogP contribution is 2.20. The first-order valence-corrected chi connectivity index (χ1v) is 7.50. The van der Waals surface area contributed by atoms with Gasteiger partial charge in [-0.1, -0.05) is 26.7 Å². The number of hydrogen-bond acceptors (Lipinski definition) is 3. The third-order valence-corrected chi connectivity index (χ3v) is 3.99. The van der Waals surface area contributed by atoms with Crippen LogP contribution >= 0.6 is 0 Å². The third-order valence-electron chi connectivity index (χ3n) is 3.99. The number of nitrogens with one attached hydrogen (secondary N) is 1. The fourth-order valence-electron chi connectivity index (χ4n) is 3.00. The largest absolute Gasteiger partial charge is 0.326 e. The van der Waals surface area contributed by atoms with Crippen molar-refractivity contribution in [1.82, 2.24) is 10.2 Å². The van der Waals surface area contributed by atoms with Crippen LogP contribution in [-0.2, 0) is 4.79 Å². The number of likely N-dealkylation sites (tertiary alicyclic amines) is 1. The van der Waals surface area contributed by atoms with Gasteiger partial charge >= 0.3 is 0 Å². The molecule has 4 heteroatoms. The number of amides is 1. The molecule has 1 amide bonds. The van der Waals surface area contributed by atoms with Crippen molar-refractivity contribution < 1.29 is 4.79 Å². The zero-order valence-electron chi connectivity index (χ0n) is 12.5. The molecule has 1 N–H and O–H groups in total. The molecule has 0 aromatic heterocycles. The number of carbonyl (C=O) groups excluding carboxylic acids is 1. The van der Waals surface area contributed by atoms with E-state index in [-0.39, 0.29) is 17.5 Å². The zero-order valence-corrected chi connectivity index (χ0v) is 12.5. The van der Waals surface area contributed by atoms with Gasteiger partial charge < -0.3 is 10.2 Å². The molecule has 0 saturated carbocycles. The maximum absolute atomic E-state index is 12.2. The minimum absolute atomic E-state index is 0.0427. The Labute approximate surface area is 117 Å². The molecule has 1 heterocycles. The fraction of sp³-hybridized carbons (Fsp3) is 0.867. The van der Waals surface area contributed by atoms with E-state index in [0.717, 1.165) is 45.1 Å². The van der Waals surface area contributed by atoms with Gasteiger partial charge in [0.25, 0.3) is 0 Å². The van der Waals surface area contributed by atoms with Crippen LogP contribution in [0, 0.1) is 11.3 Å². The first-order chi connectivity index (χ1) is 9.06. The first-order valence-electron chi connectivity index (χ1n) is 7.50. The number of nitrogens with zero attached hydrogens (tertiary/aromatic N) is 2. The predicted octanol–water partition coefficient (Wildman–Crippen LogP) is 2.45. The van der Waals surface area contributed by atoms with Crippen LogP contribution in [0.3, 0.4) is 0 Å². The highest BCUT2D eigenvalue weighted by atomic mass is 16.2. The van der Waals surface area contributed by atoms with Crippen molar-refractivity contribution in [2.45, 2.75) is 70.9 Å². The smallest absolute Gasteiger partial charge is 0.237 e. The summed E-state index contributed by atoms with van der Waals surface area (Å²) >= 11 is 0. The van der Waals surface area contributed by atoms with Crippen molar-refractivity contribution >= 4 is 5.91 Å². The van der Waals surface area contributed by atoms with Crippen molar-refractivity contribution in [2.24, 2.45) is 0 Å². The Bertz CT molecular complexity index is 329. The molecule has 0 aliphatic carbocycles. The van der Waals surface area contributed by atoms with Crippen LogP contribution in [0.2, 0.25) is 0 Å². The average molecular weight is 265 g/mol. The Morgan fingerprint density at radius 1 is 1.42 bits per heavy atom. The first kappa shape index (κ1) is 16.0. The van der Waals surface area contributed by atoms with Crippen molar-refractivity contribution in [3.63, 3.8) is 0 Å². The Hall–Kier alpha value is -1.08. The summed E-state index contributed by atoms with van der Waals surface area (Å²) in [6.45, 7) is 7.62. The van der Waals surface area contributed by atoms with Gasteiger partial charge in [-0.15, -0.1) is 0 Å². The Morgan fingerprint density at radius 3 is 2.58 bits per heavy atom. The van der Waals surface area contributed by atoms with Gasteiger partial charge in [0.05, 0.1) is 12.6 Å². The minimum Gasteiger partial charge on any atom is -0.326 e. The lowest BCUT2D eigenvalue weighted by Gasteiger charge is -2.31. The minimum atomic E-state index is -0.210. The maximum atomic E-state index is 12.2. The summed E-state index contributed by atoms with van der Waals surface area (Å²) in [5.41, 5.74) is 0.0427. The van der Waals surface area contributed by atoms with E-state index in [1.807, 2.05) is 0 Å². The van der Waals surface area contributed by atoms with E-state index >= 15 is 0 Å². The Balaban J connectivity index is 2.50. The molecule has 0 radical (unpaired) electrons. The summed E-state index contributed by atoms with van der Waals surface area (Å²) in [4.78, 5) is 13.9. The molecule has 1 unspecified atom stereocenters. The summed E-state index contributed by atoms with van der Waals surface area (Å²) in [7, 11) is 0. The highest BCUT2D eigenvalue weighted by Gasteiger charge is 2.30. The van der Waals surface area contributed by atoms with Crippen LogP contribution in [0.4, 0.5) is 0 Å². The SMILES string of the molecule is CCCC(C)(CCC)NCC(=O)N1CCCC1C#N. The maximum Gasteiger partial charge on any atom is 0.237 e. The molecular weight excluding hydrogens is 238 g/mol. The summed E-state index contributed by atoms with van der Waals surface area (Å²) in [6, 6.07) is 2.01. The summed E-state index contributed by atoms with van der Waals surface area (Å²) in [5.74, 6) is 0.0717. The Morgan fingerprint density at radius 2 is 2.05 bits per heavy atom. The van der Waals surface area contributed by atoms with E-state index in [4.69, 9.17) is 5.26 Å². The fourth-order valence-corrected chi connectivity index (χ4v) is 3.00. The van der Waals surface area contributed by atoms with Gasteiger partial charge in [-0.3, -0.25) is 4.79 Å². The summed E-state index contributed by atoms with van der Waals surface area (Å²) in [5, 5.41) is 12.4. The van der Waals surface area contributed by atoms with Crippen molar-refractivity contribution in [1.29, 1.82) is 5.26 Å². The topological polar surface area (TPSA) is 56.1 Å². The standard InChI is InChI=1S/C15H27N3O/c1-4-8-15(3,9-5-2)17-12-14(19)18-10-6-7-13(18)11-16/h13,17H,4-10,12H2,1-3H3. The molecule has 4 nitrogen and oxygen atoms in total.